The lowest BCUT2D eigenvalue weighted by molar-refractivity contribution is 0.0480. The molecule has 0 bridgehead atoms. The van der Waals surface area contributed by atoms with Crippen LogP contribution in [-0.4, -0.2) is 26.3 Å². The van der Waals surface area contributed by atoms with E-state index in [9.17, 15) is 0 Å². The number of terminal acetylenes is 1. The number of hydrogen-bond acceptors (Lipinski definition) is 2. The van der Waals surface area contributed by atoms with Crippen LogP contribution in [0.1, 0.15) is 12.8 Å². The van der Waals surface area contributed by atoms with Crippen molar-refractivity contribution in [3.05, 3.63) is 0 Å². The predicted molar refractivity (Wildman–Crippen MR) is 45.2 cm³/mol. The van der Waals surface area contributed by atoms with Crippen LogP contribution in [-0.2, 0) is 4.74 Å². The van der Waals surface area contributed by atoms with Gasteiger partial charge in [-0.2, -0.15) is 0 Å². The van der Waals surface area contributed by atoms with Crippen LogP contribution in [0.15, 0.2) is 0 Å². The number of nitrogens with one attached hydrogen (secondary N) is 1. The maximum atomic E-state index is 5.35. The molecule has 0 saturated carbocycles. The van der Waals surface area contributed by atoms with Gasteiger partial charge in [-0.3, -0.25) is 0 Å². The van der Waals surface area contributed by atoms with Crippen LogP contribution >= 0.6 is 0 Å². The standard InChI is InChI=1S/C9H15NO/c1-3-9(10-2)8-5-4-6-11-7-8/h1,8-10H,4-7H2,2H3. The Balaban J connectivity index is 2.38. The largest absolute Gasteiger partial charge is 0.381 e. The van der Waals surface area contributed by atoms with Crippen molar-refractivity contribution >= 4 is 0 Å². The van der Waals surface area contributed by atoms with Gasteiger partial charge < -0.3 is 10.1 Å². The molecular weight excluding hydrogens is 138 g/mol. The first-order valence-corrected chi connectivity index (χ1v) is 4.09. The minimum Gasteiger partial charge on any atom is -0.381 e. The molecule has 2 heteroatoms. The zero-order chi connectivity index (χ0) is 8.10. The SMILES string of the molecule is C#CC(NC)C1CCCOC1. The van der Waals surface area contributed by atoms with Gasteiger partial charge in [-0.25, -0.2) is 0 Å². The molecule has 11 heavy (non-hydrogen) atoms. The third kappa shape index (κ3) is 2.21. The molecule has 62 valence electrons. The summed E-state index contributed by atoms with van der Waals surface area (Å²) in [6.45, 7) is 1.72. The molecule has 1 aliphatic heterocycles. The molecule has 0 aromatic carbocycles. The summed E-state index contributed by atoms with van der Waals surface area (Å²) in [5.74, 6) is 3.24. The molecule has 2 unspecified atom stereocenters. The summed E-state index contributed by atoms with van der Waals surface area (Å²) >= 11 is 0. The average molecular weight is 153 g/mol. The van der Waals surface area contributed by atoms with E-state index in [4.69, 9.17) is 11.2 Å². The van der Waals surface area contributed by atoms with Crippen molar-refractivity contribution in [1.82, 2.24) is 5.32 Å². The Hall–Kier alpha value is -0.520. The predicted octanol–water partition coefficient (Wildman–Crippen LogP) is 0.634. The van der Waals surface area contributed by atoms with Gasteiger partial charge in [0.25, 0.3) is 0 Å². The van der Waals surface area contributed by atoms with Gasteiger partial charge in [0.2, 0.25) is 0 Å². The van der Waals surface area contributed by atoms with Crippen molar-refractivity contribution in [3.63, 3.8) is 0 Å². The molecule has 0 aromatic heterocycles. The van der Waals surface area contributed by atoms with Gasteiger partial charge in [-0.15, -0.1) is 6.42 Å². The number of hydrogen-bond donors (Lipinski definition) is 1. The Kier molecular flexibility index (Phi) is 3.41. The van der Waals surface area contributed by atoms with Crippen LogP contribution < -0.4 is 5.32 Å². The summed E-state index contributed by atoms with van der Waals surface area (Å²) in [5, 5.41) is 3.11. The molecule has 2 nitrogen and oxygen atoms in total. The fourth-order valence-electron chi connectivity index (χ4n) is 1.48. The molecule has 1 N–H and O–H groups in total. The van der Waals surface area contributed by atoms with E-state index in [0.717, 1.165) is 19.6 Å². The zero-order valence-corrected chi connectivity index (χ0v) is 6.97. The van der Waals surface area contributed by atoms with Crippen molar-refractivity contribution in [2.24, 2.45) is 5.92 Å². The fourth-order valence-corrected chi connectivity index (χ4v) is 1.48. The summed E-state index contributed by atoms with van der Waals surface area (Å²) in [7, 11) is 1.90. The summed E-state index contributed by atoms with van der Waals surface area (Å²) in [5.41, 5.74) is 0. The van der Waals surface area contributed by atoms with Crippen molar-refractivity contribution < 1.29 is 4.74 Å². The molecule has 1 rings (SSSR count). The lowest BCUT2D eigenvalue weighted by atomic mass is 9.94. The van der Waals surface area contributed by atoms with E-state index in [-0.39, 0.29) is 6.04 Å². The summed E-state index contributed by atoms with van der Waals surface area (Å²) in [6.07, 6.45) is 7.68. The third-order valence-electron chi connectivity index (χ3n) is 2.16. The minimum absolute atomic E-state index is 0.190. The van der Waals surface area contributed by atoms with Crippen molar-refractivity contribution in [1.29, 1.82) is 0 Å². The zero-order valence-electron chi connectivity index (χ0n) is 6.97. The topological polar surface area (TPSA) is 21.3 Å². The average Bonchev–Trinajstić information content (AvgIpc) is 2.09. The lowest BCUT2D eigenvalue weighted by Gasteiger charge is -2.26. The highest BCUT2D eigenvalue weighted by molar-refractivity contribution is 5.01. The number of rotatable bonds is 2. The molecule has 1 saturated heterocycles. The highest BCUT2D eigenvalue weighted by atomic mass is 16.5. The van der Waals surface area contributed by atoms with Gasteiger partial charge >= 0.3 is 0 Å². The molecule has 0 radical (unpaired) electrons. The summed E-state index contributed by atoms with van der Waals surface area (Å²) in [4.78, 5) is 0. The van der Waals surface area contributed by atoms with E-state index in [0.29, 0.717) is 5.92 Å². The quantitative estimate of drug-likeness (QED) is 0.588. The van der Waals surface area contributed by atoms with E-state index < -0.39 is 0 Å². The second kappa shape index (κ2) is 4.38. The summed E-state index contributed by atoms with van der Waals surface area (Å²) in [6, 6.07) is 0.190. The van der Waals surface area contributed by atoms with Gasteiger partial charge in [0, 0.05) is 12.5 Å². The lowest BCUT2D eigenvalue weighted by Crippen LogP contribution is -2.36. The van der Waals surface area contributed by atoms with E-state index in [2.05, 4.69) is 11.2 Å². The Morgan fingerprint density at radius 3 is 3.00 bits per heavy atom. The first-order valence-electron chi connectivity index (χ1n) is 4.09. The maximum Gasteiger partial charge on any atom is 0.0735 e. The van der Waals surface area contributed by atoms with Crippen LogP contribution in [0.5, 0.6) is 0 Å². The third-order valence-corrected chi connectivity index (χ3v) is 2.16. The van der Waals surface area contributed by atoms with Gasteiger partial charge in [0.05, 0.1) is 12.6 Å². The molecule has 0 amide bonds. The second-order valence-corrected chi connectivity index (χ2v) is 2.91. The summed E-state index contributed by atoms with van der Waals surface area (Å²) < 4.78 is 5.33. The Morgan fingerprint density at radius 1 is 1.73 bits per heavy atom. The van der Waals surface area contributed by atoms with E-state index in [1.807, 2.05) is 7.05 Å². The second-order valence-electron chi connectivity index (χ2n) is 2.91. The van der Waals surface area contributed by atoms with Crippen LogP contribution in [0, 0.1) is 18.3 Å². The molecule has 0 aliphatic carbocycles. The first-order chi connectivity index (χ1) is 5.38. The van der Waals surface area contributed by atoms with E-state index in [1.165, 1.54) is 6.42 Å². The molecular formula is C9H15NO. The monoisotopic (exact) mass is 153 g/mol. The Bertz CT molecular complexity index is 144. The maximum absolute atomic E-state index is 5.35. The highest BCUT2D eigenvalue weighted by Crippen LogP contribution is 2.16. The Labute approximate surface area is 68.3 Å². The van der Waals surface area contributed by atoms with Gasteiger partial charge in [0.15, 0.2) is 0 Å². The van der Waals surface area contributed by atoms with Crippen molar-refractivity contribution in [3.8, 4) is 12.3 Å². The van der Waals surface area contributed by atoms with Crippen LogP contribution in [0.2, 0.25) is 0 Å². The van der Waals surface area contributed by atoms with Gasteiger partial charge in [-0.05, 0) is 19.9 Å². The Morgan fingerprint density at radius 2 is 2.55 bits per heavy atom. The van der Waals surface area contributed by atoms with Gasteiger partial charge in [0.1, 0.15) is 0 Å². The van der Waals surface area contributed by atoms with E-state index in [1.54, 1.807) is 0 Å². The van der Waals surface area contributed by atoms with Crippen LogP contribution in [0.4, 0.5) is 0 Å². The van der Waals surface area contributed by atoms with Crippen LogP contribution in [0.25, 0.3) is 0 Å². The number of ether oxygens (including phenoxy) is 1. The fraction of sp³-hybridized carbons (Fsp3) is 0.778. The molecule has 1 aliphatic rings. The molecule has 2 atom stereocenters. The van der Waals surface area contributed by atoms with Crippen molar-refractivity contribution in [2.75, 3.05) is 20.3 Å². The molecule has 0 spiro atoms. The molecule has 1 heterocycles. The molecule has 0 aromatic rings. The van der Waals surface area contributed by atoms with E-state index >= 15 is 0 Å². The van der Waals surface area contributed by atoms with Crippen molar-refractivity contribution in [2.45, 2.75) is 18.9 Å². The van der Waals surface area contributed by atoms with Crippen LogP contribution in [0.3, 0.4) is 0 Å². The minimum atomic E-state index is 0.190. The normalized spacial score (nSPS) is 27.5. The first kappa shape index (κ1) is 8.58. The van der Waals surface area contributed by atoms with Gasteiger partial charge in [-0.1, -0.05) is 5.92 Å². The molecule has 1 fully saturated rings. The highest BCUT2D eigenvalue weighted by Gasteiger charge is 2.20. The smallest absolute Gasteiger partial charge is 0.0735 e.